The fourth-order valence-corrected chi connectivity index (χ4v) is 1.77. The van der Waals surface area contributed by atoms with E-state index in [4.69, 9.17) is 9.47 Å². The Hall–Kier alpha value is -3.08. The molecule has 2 rings (SSSR count). The van der Waals surface area contributed by atoms with Gasteiger partial charge in [-0.05, 0) is 48.0 Å². The average molecular weight is 312 g/mol. The lowest BCUT2D eigenvalue weighted by atomic mass is 10.1. The summed E-state index contributed by atoms with van der Waals surface area (Å²) in [5.41, 5.74) is 1.19. The van der Waals surface area contributed by atoms with Gasteiger partial charge in [0, 0.05) is 6.08 Å². The van der Waals surface area contributed by atoms with Crippen molar-refractivity contribution < 1.29 is 23.8 Å². The van der Waals surface area contributed by atoms with Crippen molar-refractivity contribution in [3.63, 3.8) is 0 Å². The van der Waals surface area contributed by atoms with E-state index in [0.29, 0.717) is 17.1 Å². The molecule has 0 N–H and O–H groups in total. The predicted molar refractivity (Wildman–Crippen MR) is 85.4 cm³/mol. The number of carbonyl (C=O) groups excluding carboxylic acids is 2. The number of esters is 2. The predicted octanol–water partition coefficient (Wildman–Crippen LogP) is 3.10. The monoisotopic (exact) mass is 312 g/mol. The molecule has 0 fully saturated rings. The average Bonchev–Trinajstić information content (AvgIpc) is 2.60. The summed E-state index contributed by atoms with van der Waals surface area (Å²) in [6, 6.07) is 13.4. The maximum atomic E-state index is 12.0. The van der Waals surface area contributed by atoms with Crippen molar-refractivity contribution in [2.24, 2.45) is 0 Å². The van der Waals surface area contributed by atoms with Gasteiger partial charge in [0.1, 0.15) is 11.5 Å². The summed E-state index contributed by atoms with van der Waals surface area (Å²) in [5, 5.41) is 0. The molecule has 0 heterocycles. The van der Waals surface area contributed by atoms with Gasteiger partial charge in [0.25, 0.3) is 0 Å². The van der Waals surface area contributed by atoms with Gasteiger partial charge in [0.15, 0.2) is 0 Å². The number of benzene rings is 2. The van der Waals surface area contributed by atoms with Crippen LogP contribution in [-0.2, 0) is 9.53 Å². The molecule has 0 unspecified atom stereocenters. The van der Waals surface area contributed by atoms with Crippen molar-refractivity contribution in [1.29, 1.82) is 0 Å². The molecule has 0 saturated heterocycles. The van der Waals surface area contributed by atoms with E-state index in [2.05, 4.69) is 4.74 Å². The van der Waals surface area contributed by atoms with Crippen molar-refractivity contribution >= 4 is 18.0 Å². The molecule has 2 aromatic carbocycles. The molecule has 0 aliphatic heterocycles. The highest BCUT2D eigenvalue weighted by molar-refractivity contribution is 5.91. The molecule has 0 aliphatic carbocycles. The van der Waals surface area contributed by atoms with Gasteiger partial charge < -0.3 is 14.2 Å². The van der Waals surface area contributed by atoms with Crippen LogP contribution in [0.15, 0.2) is 54.6 Å². The number of ether oxygens (including phenoxy) is 3. The standard InChI is InChI=1S/C18H16O5/c1-21-15-8-10-16(11-9-15)23-18(20)14-6-3-13(4-7-14)5-12-17(19)22-2/h3-12H,1-2H3/b12-5+. The first-order valence-electron chi connectivity index (χ1n) is 6.84. The van der Waals surface area contributed by atoms with Crippen LogP contribution < -0.4 is 9.47 Å². The molecular formula is C18H16O5. The number of hydrogen-bond donors (Lipinski definition) is 0. The highest BCUT2D eigenvalue weighted by atomic mass is 16.5. The molecule has 0 radical (unpaired) electrons. The van der Waals surface area contributed by atoms with E-state index in [1.54, 1.807) is 61.7 Å². The first-order chi connectivity index (χ1) is 11.1. The zero-order valence-electron chi connectivity index (χ0n) is 12.8. The Labute approximate surface area is 134 Å². The summed E-state index contributed by atoms with van der Waals surface area (Å²) in [4.78, 5) is 23.1. The van der Waals surface area contributed by atoms with Crippen molar-refractivity contribution in [2.45, 2.75) is 0 Å². The van der Waals surface area contributed by atoms with Crippen molar-refractivity contribution in [1.82, 2.24) is 0 Å². The van der Waals surface area contributed by atoms with Crippen LogP contribution in [0.5, 0.6) is 11.5 Å². The van der Waals surface area contributed by atoms with Crippen LogP contribution in [-0.4, -0.2) is 26.2 Å². The Morgan fingerprint density at radius 2 is 1.48 bits per heavy atom. The fraction of sp³-hybridized carbons (Fsp3) is 0.111. The van der Waals surface area contributed by atoms with Crippen LogP contribution in [0, 0.1) is 0 Å². The first kappa shape index (κ1) is 16.3. The Morgan fingerprint density at radius 3 is 2.04 bits per heavy atom. The molecule has 0 saturated carbocycles. The quantitative estimate of drug-likeness (QED) is 0.482. The molecular weight excluding hydrogens is 296 g/mol. The van der Waals surface area contributed by atoms with E-state index in [1.165, 1.54) is 13.2 Å². The van der Waals surface area contributed by atoms with Crippen molar-refractivity contribution in [3.8, 4) is 11.5 Å². The summed E-state index contributed by atoms with van der Waals surface area (Å²) in [7, 11) is 2.88. The van der Waals surface area contributed by atoms with Crippen LogP contribution in [0.3, 0.4) is 0 Å². The second-order valence-corrected chi connectivity index (χ2v) is 4.54. The van der Waals surface area contributed by atoms with Gasteiger partial charge in [-0.2, -0.15) is 0 Å². The van der Waals surface area contributed by atoms with Gasteiger partial charge in [-0.15, -0.1) is 0 Å². The van der Waals surface area contributed by atoms with E-state index in [9.17, 15) is 9.59 Å². The van der Waals surface area contributed by atoms with Crippen molar-refractivity contribution in [3.05, 3.63) is 65.7 Å². The Bertz CT molecular complexity index is 699. The highest BCUT2D eigenvalue weighted by Crippen LogP contribution is 2.18. The molecule has 2 aromatic rings. The van der Waals surface area contributed by atoms with Crippen LogP contribution >= 0.6 is 0 Å². The third kappa shape index (κ3) is 4.71. The van der Waals surface area contributed by atoms with Gasteiger partial charge in [-0.25, -0.2) is 9.59 Å². The lowest BCUT2D eigenvalue weighted by Crippen LogP contribution is -2.08. The zero-order chi connectivity index (χ0) is 16.7. The van der Waals surface area contributed by atoms with Gasteiger partial charge in [-0.1, -0.05) is 12.1 Å². The minimum atomic E-state index is -0.460. The van der Waals surface area contributed by atoms with Gasteiger partial charge in [0.05, 0.1) is 19.8 Å². The van der Waals surface area contributed by atoms with Gasteiger partial charge in [0.2, 0.25) is 0 Å². The number of rotatable bonds is 5. The molecule has 23 heavy (non-hydrogen) atoms. The van der Waals surface area contributed by atoms with Crippen molar-refractivity contribution in [2.75, 3.05) is 14.2 Å². The molecule has 0 bridgehead atoms. The van der Waals surface area contributed by atoms with Crippen LogP contribution in [0.4, 0.5) is 0 Å². The van der Waals surface area contributed by atoms with E-state index < -0.39 is 11.9 Å². The molecule has 0 amide bonds. The molecule has 0 aliphatic rings. The van der Waals surface area contributed by atoms with Crippen LogP contribution in [0.25, 0.3) is 6.08 Å². The van der Waals surface area contributed by atoms with Gasteiger partial charge in [-0.3, -0.25) is 0 Å². The molecule has 0 spiro atoms. The van der Waals surface area contributed by atoms with Crippen LogP contribution in [0.1, 0.15) is 15.9 Å². The topological polar surface area (TPSA) is 61.8 Å². The van der Waals surface area contributed by atoms with E-state index in [1.807, 2.05) is 0 Å². The summed E-state index contributed by atoms with van der Waals surface area (Å²) in [5.74, 6) is 0.226. The van der Waals surface area contributed by atoms with E-state index in [-0.39, 0.29) is 0 Å². The number of carbonyl (C=O) groups is 2. The molecule has 5 heteroatoms. The minimum absolute atomic E-state index is 0.413. The summed E-state index contributed by atoms with van der Waals surface area (Å²) >= 11 is 0. The first-order valence-corrected chi connectivity index (χ1v) is 6.84. The summed E-state index contributed by atoms with van der Waals surface area (Å²) < 4.78 is 14.8. The molecule has 118 valence electrons. The lowest BCUT2D eigenvalue weighted by molar-refractivity contribution is -0.134. The van der Waals surface area contributed by atoms with E-state index >= 15 is 0 Å². The molecule has 0 atom stereocenters. The largest absolute Gasteiger partial charge is 0.497 e. The lowest BCUT2D eigenvalue weighted by Gasteiger charge is -2.05. The van der Waals surface area contributed by atoms with E-state index in [0.717, 1.165) is 5.56 Å². The second-order valence-electron chi connectivity index (χ2n) is 4.54. The SMILES string of the molecule is COC(=O)/C=C/c1ccc(C(=O)Oc2ccc(OC)cc2)cc1. The minimum Gasteiger partial charge on any atom is -0.497 e. The maximum Gasteiger partial charge on any atom is 0.343 e. The Balaban J connectivity index is 2.02. The highest BCUT2D eigenvalue weighted by Gasteiger charge is 2.08. The molecule has 0 aromatic heterocycles. The third-order valence-corrected chi connectivity index (χ3v) is 3.03. The van der Waals surface area contributed by atoms with Gasteiger partial charge >= 0.3 is 11.9 Å². The summed E-state index contributed by atoms with van der Waals surface area (Å²) in [6.07, 6.45) is 2.91. The Morgan fingerprint density at radius 1 is 0.870 bits per heavy atom. The third-order valence-electron chi connectivity index (χ3n) is 3.03. The zero-order valence-corrected chi connectivity index (χ0v) is 12.8. The maximum absolute atomic E-state index is 12.0. The normalized spacial score (nSPS) is 10.3. The molecule has 5 nitrogen and oxygen atoms in total. The van der Waals surface area contributed by atoms with Crippen LogP contribution in [0.2, 0.25) is 0 Å². The smallest absolute Gasteiger partial charge is 0.343 e. The summed E-state index contributed by atoms with van der Waals surface area (Å²) in [6.45, 7) is 0. The Kier molecular flexibility index (Phi) is 5.52. The number of hydrogen-bond acceptors (Lipinski definition) is 5. The number of methoxy groups -OCH3 is 2. The fourth-order valence-electron chi connectivity index (χ4n) is 1.77. The second kappa shape index (κ2) is 7.79.